The Labute approximate surface area is 297 Å². The zero-order valence-corrected chi connectivity index (χ0v) is 29.7. The van der Waals surface area contributed by atoms with E-state index in [1.165, 1.54) is 10.6 Å². The van der Waals surface area contributed by atoms with Crippen molar-refractivity contribution >= 4 is 57.0 Å². The molecule has 1 N–H and O–H groups in total. The number of hydrogen-bond donors (Lipinski definition) is 1. The summed E-state index contributed by atoms with van der Waals surface area (Å²) in [5.74, 6) is 2.77. The Hall–Kier alpha value is -4.49. The second-order valence-corrected chi connectivity index (χ2v) is 14.1. The van der Waals surface area contributed by atoms with Gasteiger partial charge in [0.2, 0.25) is 0 Å². The molecule has 0 radical (unpaired) electrons. The molecule has 1 atom stereocenters. The van der Waals surface area contributed by atoms with E-state index in [-0.39, 0.29) is 5.88 Å². The molecule has 49 heavy (non-hydrogen) atoms. The summed E-state index contributed by atoms with van der Waals surface area (Å²) in [6.07, 6.45) is 7.66. The van der Waals surface area contributed by atoms with E-state index in [1.807, 2.05) is 87.6 Å². The number of hydrogen-bond acceptors (Lipinski definition) is 9. The van der Waals surface area contributed by atoms with Crippen molar-refractivity contribution in [2.45, 2.75) is 58.6 Å². The number of rotatable bonds is 11. The highest BCUT2D eigenvalue weighted by molar-refractivity contribution is 7.13. The molecule has 0 amide bonds. The number of halogens is 1. The second-order valence-electron chi connectivity index (χ2n) is 11.9. The molecule has 7 aromatic heterocycles. The van der Waals surface area contributed by atoms with Crippen molar-refractivity contribution in [3.8, 4) is 10.6 Å². The lowest BCUT2D eigenvalue weighted by Gasteiger charge is -2.10. The fraction of sp³-hybridized carbons (Fsp3) is 0.278. The maximum absolute atomic E-state index is 9.98. The minimum absolute atomic E-state index is 0.194. The van der Waals surface area contributed by atoms with Gasteiger partial charge in [0, 0.05) is 49.0 Å². The normalized spacial score (nSPS) is 13.5. The molecule has 0 aliphatic carbocycles. The maximum atomic E-state index is 9.98. The molecule has 1 aliphatic rings. The largest absolute Gasteiger partial charge is 0.390 e. The van der Waals surface area contributed by atoms with Gasteiger partial charge < -0.3 is 9.67 Å². The third kappa shape index (κ3) is 7.73. The molecule has 10 nitrogen and oxygen atoms in total. The fourth-order valence-corrected chi connectivity index (χ4v) is 7.18. The molecule has 0 unspecified atom stereocenters. The summed E-state index contributed by atoms with van der Waals surface area (Å²) < 4.78 is 5.75. The van der Waals surface area contributed by atoms with Crippen molar-refractivity contribution in [2.24, 2.45) is 4.99 Å². The van der Waals surface area contributed by atoms with Crippen LogP contribution < -0.4 is 0 Å². The zero-order valence-electron chi connectivity index (χ0n) is 27.3. The molecule has 250 valence electrons. The molecule has 0 spiro atoms. The zero-order chi connectivity index (χ0) is 33.7. The average molecular weight is 710 g/mol. The van der Waals surface area contributed by atoms with Gasteiger partial charge in [-0.1, -0.05) is 30.3 Å². The van der Waals surface area contributed by atoms with E-state index in [0.29, 0.717) is 19.4 Å². The van der Waals surface area contributed by atoms with E-state index in [9.17, 15) is 5.11 Å². The molecular formula is C36H36ClN9OS2. The Morgan fingerprint density at radius 3 is 2.00 bits per heavy atom. The van der Waals surface area contributed by atoms with Gasteiger partial charge in [-0.3, -0.25) is 4.99 Å². The van der Waals surface area contributed by atoms with Crippen molar-refractivity contribution in [1.29, 1.82) is 0 Å². The quantitative estimate of drug-likeness (QED) is 0.142. The lowest BCUT2D eigenvalue weighted by molar-refractivity contribution is 0.175. The number of pyridine rings is 2. The van der Waals surface area contributed by atoms with E-state index in [2.05, 4.69) is 43.8 Å². The van der Waals surface area contributed by atoms with Crippen molar-refractivity contribution in [2.75, 3.05) is 5.88 Å². The van der Waals surface area contributed by atoms with Crippen LogP contribution >= 0.6 is 34.3 Å². The molecule has 7 aromatic rings. The van der Waals surface area contributed by atoms with E-state index in [4.69, 9.17) is 21.6 Å². The number of alkyl halides is 1. The van der Waals surface area contributed by atoms with Gasteiger partial charge in [0.05, 0.1) is 39.7 Å². The summed E-state index contributed by atoms with van der Waals surface area (Å²) in [6.45, 7) is 4.48. The van der Waals surface area contributed by atoms with Crippen LogP contribution in [0.25, 0.3) is 27.6 Å². The highest BCUT2D eigenvalue weighted by Crippen LogP contribution is 2.27. The van der Waals surface area contributed by atoms with Crippen molar-refractivity contribution < 1.29 is 5.11 Å². The molecule has 1 aliphatic heterocycles. The summed E-state index contributed by atoms with van der Waals surface area (Å²) in [4.78, 5) is 21.1. The molecule has 0 bridgehead atoms. The summed E-state index contributed by atoms with van der Waals surface area (Å²) in [5, 5.41) is 23.3. The van der Waals surface area contributed by atoms with E-state index in [1.54, 1.807) is 22.7 Å². The van der Waals surface area contributed by atoms with Crippen LogP contribution in [0.15, 0.2) is 88.7 Å². The smallest absolute Gasteiger partial charge is 0.155 e. The van der Waals surface area contributed by atoms with Crippen LogP contribution in [-0.4, -0.2) is 61.5 Å². The topological polar surface area (TPSA) is 111 Å². The molecular weight excluding hydrogens is 674 g/mol. The molecule has 13 heteroatoms. The lowest BCUT2D eigenvalue weighted by Crippen LogP contribution is -2.19. The predicted octanol–water partition coefficient (Wildman–Crippen LogP) is 7.27. The number of fused-ring (bicyclic) bond motifs is 2. The summed E-state index contributed by atoms with van der Waals surface area (Å²) in [5.41, 5.74) is 7.18. The molecule has 8 rings (SSSR count). The Balaban J connectivity index is 0.000000157. The van der Waals surface area contributed by atoms with Crippen LogP contribution in [0.5, 0.6) is 0 Å². The predicted molar refractivity (Wildman–Crippen MR) is 198 cm³/mol. The van der Waals surface area contributed by atoms with Gasteiger partial charge in [-0.05, 0) is 67.4 Å². The minimum Gasteiger partial charge on any atom is -0.390 e. The van der Waals surface area contributed by atoms with Gasteiger partial charge in [-0.25, -0.2) is 24.0 Å². The number of thiophene rings is 2. The lowest BCUT2D eigenvalue weighted by atomic mass is 10.1. The van der Waals surface area contributed by atoms with Gasteiger partial charge >= 0.3 is 0 Å². The first kappa shape index (κ1) is 33.0. The highest BCUT2D eigenvalue weighted by Gasteiger charge is 2.16. The number of aliphatic imine (C=N–C) groups is 1. The Morgan fingerprint density at radius 2 is 1.41 bits per heavy atom. The number of aliphatic hydroxyl groups excluding tert-OH is 1. The molecule has 8 heterocycles. The summed E-state index contributed by atoms with van der Waals surface area (Å²) >= 11 is 9.18. The monoisotopic (exact) mass is 709 g/mol. The van der Waals surface area contributed by atoms with Crippen molar-refractivity contribution in [1.82, 2.24) is 38.7 Å². The molecule has 0 saturated carbocycles. The summed E-state index contributed by atoms with van der Waals surface area (Å²) in [6, 6.07) is 20.2. The fourth-order valence-electron chi connectivity index (χ4n) is 5.70. The Kier molecular flexibility index (Phi) is 10.1. The van der Waals surface area contributed by atoms with Gasteiger partial charge in [0.25, 0.3) is 0 Å². The van der Waals surface area contributed by atoms with Crippen LogP contribution in [0, 0.1) is 13.8 Å². The van der Waals surface area contributed by atoms with Crippen LogP contribution in [0.1, 0.15) is 46.6 Å². The first-order chi connectivity index (χ1) is 23.9. The highest BCUT2D eigenvalue weighted by atomic mass is 35.5. The number of aromatic nitrogens is 8. The summed E-state index contributed by atoms with van der Waals surface area (Å²) in [7, 11) is 0. The molecule has 0 fully saturated rings. The Morgan fingerprint density at radius 1 is 0.776 bits per heavy atom. The first-order valence-corrected chi connectivity index (χ1v) is 18.5. The number of aliphatic hydroxyl groups is 1. The standard InChI is InChI=1S/C19H20ClN5OS.C17H16N4S/c1-13-4-2-6-19-22-17(23-25(13)19)7-8-18-21-15(16-5-3-9-27-16)12-24(18)11-14(26)10-20;1-12-4-2-6-17-19-16(20-21(12)17)10-8-13-7-9-14(18-13)15-5-3-11-22-15/h2-6,9,12,14,26H,7-8,10-11H2,1H3;2-6,9,11H,7-8,10H2,1H3/t14-;/m0./s1. The van der Waals surface area contributed by atoms with Gasteiger partial charge in [-0.15, -0.1) is 34.3 Å². The van der Waals surface area contributed by atoms with E-state index < -0.39 is 6.10 Å². The maximum Gasteiger partial charge on any atom is 0.155 e. The van der Waals surface area contributed by atoms with Crippen LogP contribution in [0.4, 0.5) is 0 Å². The van der Waals surface area contributed by atoms with Crippen LogP contribution in [-0.2, 0) is 25.8 Å². The first-order valence-electron chi connectivity index (χ1n) is 16.2. The van der Waals surface area contributed by atoms with Crippen LogP contribution in [0.3, 0.4) is 0 Å². The van der Waals surface area contributed by atoms with Gasteiger partial charge in [-0.2, -0.15) is 10.2 Å². The molecule has 0 saturated heterocycles. The van der Waals surface area contributed by atoms with Crippen molar-refractivity contribution in [3.63, 3.8) is 0 Å². The minimum atomic E-state index is -0.605. The van der Waals surface area contributed by atoms with Crippen molar-refractivity contribution in [3.05, 3.63) is 117 Å². The number of aryl methyl sites for hydroxylation is 5. The average Bonchev–Trinajstić information content (AvgIpc) is 3.95. The van der Waals surface area contributed by atoms with E-state index >= 15 is 0 Å². The van der Waals surface area contributed by atoms with Gasteiger partial charge in [0.1, 0.15) is 5.82 Å². The number of allylic oxidation sites excluding steroid dienone is 1. The third-order valence-electron chi connectivity index (χ3n) is 8.20. The molecule has 0 aromatic carbocycles. The Bertz CT molecular complexity index is 2230. The number of nitrogens with zero attached hydrogens (tertiary/aromatic N) is 9. The van der Waals surface area contributed by atoms with Crippen LogP contribution in [0.2, 0.25) is 0 Å². The third-order valence-corrected chi connectivity index (χ3v) is 10.3. The second kappa shape index (κ2) is 15.0. The van der Waals surface area contributed by atoms with E-state index in [0.717, 1.165) is 75.7 Å². The SMILES string of the molecule is Cc1cccc2nc(CCC3=NC(c4cccs4)=CC3)nn12.Cc1cccc2nc(CCc3nc(-c4cccs4)cn3C[C@@H](O)CCl)nn12. The van der Waals surface area contributed by atoms with Gasteiger partial charge in [0.15, 0.2) is 22.9 Å². The number of imidazole rings is 1.